The molecule has 3 nitrogen and oxygen atoms in total. The van der Waals surface area contributed by atoms with E-state index >= 15 is 0 Å². The molecule has 0 aliphatic rings. The van der Waals surface area contributed by atoms with Gasteiger partial charge in [-0.05, 0) is 52.2 Å². The average molecular weight is 369 g/mol. The third-order valence-corrected chi connectivity index (χ3v) is 3.94. The molecule has 0 saturated heterocycles. The summed E-state index contributed by atoms with van der Waals surface area (Å²) in [6, 6.07) is 12.9. The SMILES string of the molecule is COc1ccccc1CCNC(=O)c1ccc(Cl)cc1Br. The maximum atomic E-state index is 12.1. The van der Waals surface area contributed by atoms with Crippen LogP contribution in [-0.4, -0.2) is 19.6 Å². The van der Waals surface area contributed by atoms with Crippen molar-refractivity contribution in [1.82, 2.24) is 5.32 Å². The molecule has 0 aliphatic heterocycles. The summed E-state index contributed by atoms with van der Waals surface area (Å²) >= 11 is 9.21. The molecule has 110 valence electrons. The first-order chi connectivity index (χ1) is 10.1. The van der Waals surface area contributed by atoms with Crippen LogP contribution in [-0.2, 0) is 6.42 Å². The second-order valence-electron chi connectivity index (χ2n) is 4.44. The van der Waals surface area contributed by atoms with Crippen LogP contribution in [0.15, 0.2) is 46.9 Å². The molecular weight excluding hydrogens is 354 g/mol. The van der Waals surface area contributed by atoms with Gasteiger partial charge in [0.15, 0.2) is 0 Å². The summed E-state index contributed by atoms with van der Waals surface area (Å²) in [4.78, 5) is 12.1. The maximum Gasteiger partial charge on any atom is 0.252 e. The van der Waals surface area contributed by atoms with Gasteiger partial charge in [0.1, 0.15) is 5.75 Å². The van der Waals surface area contributed by atoms with Crippen LogP contribution in [0.25, 0.3) is 0 Å². The van der Waals surface area contributed by atoms with Crippen molar-refractivity contribution in [2.24, 2.45) is 0 Å². The molecule has 0 radical (unpaired) electrons. The molecule has 0 bridgehead atoms. The minimum Gasteiger partial charge on any atom is -0.496 e. The van der Waals surface area contributed by atoms with Crippen molar-refractivity contribution in [3.63, 3.8) is 0 Å². The number of nitrogens with one attached hydrogen (secondary N) is 1. The predicted molar refractivity (Wildman–Crippen MR) is 88.2 cm³/mol. The number of para-hydroxylation sites is 1. The number of methoxy groups -OCH3 is 1. The van der Waals surface area contributed by atoms with Gasteiger partial charge in [0.2, 0.25) is 0 Å². The van der Waals surface area contributed by atoms with Crippen LogP contribution >= 0.6 is 27.5 Å². The monoisotopic (exact) mass is 367 g/mol. The Morgan fingerprint density at radius 2 is 2.05 bits per heavy atom. The fourth-order valence-corrected chi connectivity index (χ4v) is 2.85. The molecule has 0 saturated carbocycles. The van der Waals surface area contributed by atoms with Gasteiger partial charge in [-0.3, -0.25) is 4.79 Å². The summed E-state index contributed by atoms with van der Waals surface area (Å²) in [5.41, 5.74) is 1.63. The highest BCUT2D eigenvalue weighted by Gasteiger charge is 2.10. The normalized spacial score (nSPS) is 10.2. The van der Waals surface area contributed by atoms with Crippen molar-refractivity contribution in [2.45, 2.75) is 6.42 Å². The number of halogens is 2. The molecule has 2 aromatic carbocycles. The van der Waals surface area contributed by atoms with Gasteiger partial charge in [-0.2, -0.15) is 0 Å². The van der Waals surface area contributed by atoms with Crippen molar-refractivity contribution in [1.29, 1.82) is 0 Å². The lowest BCUT2D eigenvalue weighted by molar-refractivity contribution is 0.0953. The lowest BCUT2D eigenvalue weighted by Gasteiger charge is -2.10. The zero-order chi connectivity index (χ0) is 15.2. The molecule has 0 heterocycles. The molecule has 1 N–H and O–H groups in total. The summed E-state index contributed by atoms with van der Waals surface area (Å²) in [6.45, 7) is 0.536. The van der Waals surface area contributed by atoms with Gasteiger partial charge < -0.3 is 10.1 Å². The van der Waals surface area contributed by atoms with Crippen LogP contribution in [0.1, 0.15) is 15.9 Å². The van der Waals surface area contributed by atoms with E-state index in [0.717, 1.165) is 11.3 Å². The molecule has 0 unspecified atom stereocenters. The first kappa shape index (κ1) is 15.9. The van der Waals surface area contributed by atoms with Crippen molar-refractivity contribution in [2.75, 3.05) is 13.7 Å². The maximum absolute atomic E-state index is 12.1. The number of benzene rings is 2. The van der Waals surface area contributed by atoms with E-state index in [9.17, 15) is 4.79 Å². The highest BCUT2D eigenvalue weighted by Crippen LogP contribution is 2.21. The van der Waals surface area contributed by atoms with Gasteiger partial charge in [0, 0.05) is 16.0 Å². The van der Waals surface area contributed by atoms with E-state index in [1.807, 2.05) is 24.3 Å². The number of carbonyl (C=O) groups is 1. The fourth-order valence-electron chi connectivity index (χ4n) is 1.99. The lowest BCUT2D eigenvalue weighted by atomic mass is 10.1. The number of ether oxygens (including phenoxy) is 1. The summed E-state index contributed by atoms with van der Waals surface area (Å²) < 4.78 is 5.97. The zero-order valence-corrected chi connectivity index (χ0v) is 13.9. The van der Waals surface area contributed by atoms with E-state index in [4.69, 9.17) is 16.3 Å². The quantitative estimate of drug-likeness (QED) is 0.863. The zero-order valence-electron chi connectivity index (χ0n) is 11.5. The van der Waals surface area contributed by atoms with Gasteiger partial charge in [-0.15, -0.1) is 0 Å². The number of amides is 1. The van der Waals surface area contributed by atoms with Crippen LogP contribution in [0.2, 0.25) is 5.02 Å². The number of hydrogen-bond donors (Lipinski definition) is 1. The first-order valence-corrected chi connectivity index (χ1v) is 7.64. The Morgan fingerprint density at radius 3 is 2.76 bits per heavy atom. The van der Waals surface area contributed by atoms with E-state index in [1.54, 1.807) is 25.3 Å². The Bertz CT molecular complexity index is 646. The molecule has 0 fully saturated rings. The lowest BCUT2D eigenvalue weighted by Crippen LogP contribution is -2.26. The Hall–Kier alpha value is -1.52. The van der Waals surface area contributed by atoms with Gasteiger partial charge in [-0.25, -0.2) is 0 Å². The Labute approximate surface area is 137 Å². The van der Waals surface area contributed by atoms with Crippen molar-refractivity contribution < 1.29 is 9.53 Å². The Balaban J connectivity index is 1.95. The van der Waals surface area contributed by atoms with E-state index in [1.165, 1.54) is 0 Å². The fraction of sp³-hybridized carbons (Fsp3) is 0.188. The highest BCUT2D eigenvalue weighted by molar-refractivity contribution is 9.10. The molecule has 2 rings (SSSR count). The average Bonchev–Trinajstić information content (AvgIpc) is 2.47. The molecule has 0 atom stereocenters. The molecule has 1 amide bonds. The third kappa shape index (κ3) is 4.22. The largest absolute Gasteiger partial charge is 0.496 e. The number of carbonyl (C=O) groups excluding carboxylic acids is 1. The predicted octanol–water partition coefficient (Wildman–Crippen LogP) is 4.08. The second-order valence-corrected chi connectivity index (χ2v) is 5.73. The Kier molecular flexibility index (Phi) is 5.65. The van der Waals surface area contributed by atoms with E-state index in [-0.39, 0.29) is 5.91 Å². The summed E-state index contributed by atoms with van der Waals surface area (Å²) in [6.07, 6.45) is 0.709. The number of hydrogen-bond acceptors (Lipinski definition) is 2. The summed E-state index contributed by atoms with van der Waals surface area (Å²) in [5.74, 6) is 0.702. The first-order valence-electron chi connectivity index (χ1n) is 6.47. The van der Waals surface area contributed by atoms with Crippen LogP contribution in [0.3, 0.4) is 0 Å². The minimum absolute atomic E-state index is 0.131. The van der Waals surface area contributed by atoms with Crippen molar-refractivity contribution in [3.05, 3.63) is 63.1 Å². The standard InChI is InChI=1S/C16H15BrClNO2/c1-21-15-5-3-2-4-11(15)8-9-19-16(20)13-7-6-12(18)10-14(13)17/h2-7,10H,8-9H2,1H3,(H,19,20). The van der Waals surface area contributed by atoms with Gasteiger partial charge in [-0.1, -0.05) is 29.8 Å². The molecule has 21 heavy (non-hydrogen) atoms. The molecule has 2 aromatic rings. The molecular formula is C16H15BrClNO2. The molecule has 0 spiro atoms. The van der Waals surface area contributed by atoms with Crippen LogP contribution < -0.4 is 10.1 Å². The van der Waals surface area contributed by atoms with Crippen molar-refractivity contribution >= 4 is 33.4 Å². The highest BCUT2D eigenvalue weighted by atomic mass is 79.9. The third-order valence-electron chi connectivity index (χ3n) is 3.05. The number of rotatable bonds is 5. The Morgan fingerprint density at radius 1 is 1.29 bits per heavy atom. The summed E-state index contributed by atoms with van der Waals surface area (Å²) in [7, 11) is 1.64. The molecule has 0 aliphatic carbocycles. The van der Waals surface area contributed by atoms with E-state index < -0.39 is 0 Å². The molecule has 5 heteroatoms. The van der Waals surface area contributed by atoms with E-state index in [0.29, 0.717) is 28.0 Å². The van der Waals surface area contributed by atoms with Crippen molar-refractivity contribution in [3.8, 4) is 5.75 Å². The van der Waals surface area contributed by atoms with Gasteiger partial charge in [0.25, 0.3) is 5.91 Å². The summed E-state index contributed by atoms with van der Waals surface area (Å²) in [5, 5.41) is 3.48. The van der Waals surface area contributed by atoms with Crippen LogP contribution in [0.5, 0.6) is 5.75 Å². The molecule has 0 aromatic heterocycles. The van der Waals surface area contributed by atoms with Crippen LogP contribution in [0, 0.1) is 0 Å². The minimum atomic E-state index is -0.131. The van der Waals surface area contributed by atoms with Gasteiger partial charge >= 0.3 is 0 Å². The van der Waals surface area contributed by atoms with Gasteiger partial charge in [0.05, 0.1) is 12.7 Å². The van der Waals surface area contributed by atoms with E-state index in [2.05, 4.69) is 21.2 Å². The second kappa shape index (κ2) is 7.48. The topological polar surface area (TPSA) is 38.3 Å². The van der Waals surface area contributed by atoms with Crippen LogP contribution in [0.4, 0.5) is 0 Å². The smallest absolute Gasteiger partial charge is 0.252 e.